The Kier molecular flexibility index (Phi) is 2.90. The van der Waals surface area contributed by atoms with Crippen LogP contribution in [0, 0.1) is 5.92 Å². The second-order valence-corrected chi connectivity index (χ2v) is 3.97. The van der Waals surface area contributed by atoms with E-state index < -0.39 is 0 Å². The zero-order valence-corrected chi connectivity index (χ0v) is 7.75. The Labute approximate surface area is 69.2 Å². The molecule has 0 unspecified atom stereocenters. The minimum Gasteiger partial charge on any atom is -0.393 e. The first-order chi connectivity index (χ1) is 5.11. The molecule has 1 fully saturated rings. The van der Waals surface area contributed by atoms with Crippen LogP contribution < -0.4 is 0 Å². The Bertz CT molecular complexity index is 125. The molecular formula is C9H19NO. The molecule has 1 rings (SSSR count). The Hall–Kier alpha value is -0.0800. The number of nitrogens with zero attached hydrogens (tertiary/aromatic N) is 1. The Balaban J connectivity index is 2.47. The third kappa shape index (κ3) is 2.17. The predicted molar refractivity (Wildman–Crippen MR) is 46.5 cm³/mol. The van der Waals surface area contributed by atoms with Gasteiger partial charge in [0.05, 0.1) is 6.10 Å². The van der Waals surface area contributed by atoms with Crippen LogP contribution in [0.25, 0.3) is 0 Å². The molecule has 0 aromatic rings. The van der Waals surface area contributed by atoms with Crippen molar-refractivity contribution in [1.29, 1.82) is 0 Å². The molecule has 11 heavy (non-hydrogen) atoms. The second kappa shape index (κ2) is 3.55. The molecule has 0 spiro atoms. The van der Waals surface area contributed by atoms with Gasteiger partial charge < -0.3 is 10.0 Å². The first-order valence-corrected chi connectivity index (χ1v) is 4.49. The van der Waals surface area contributed by atoms with Gasteiger partial charge in [0.25, 0.3) is 0 Å². The van der Waals surface area contributed by atoms with Gasteiger partial charge in [-0.2, -0.15) is 0 Å². The lowest BCUT2D eigenvalue weighted by molar-refractivity contribution is 0.0378. The molecule has 0 amide bonds. The first-order valence-electron chi connectivity index (χ1n) is 4.49. The summed E-state index contributed by atoms with van der Waals surface area (Å²) in [6.45, 7) is 5.49. The van der Waals surface area contributed by atoms with Crippen molar-refractivity contribution in [2.75, 3.05) is 13.6 Å². The number of aliphatic hydroxyl groups excluding tert-OH is 1. The van der Waals surface area contributed by atoms with E-state index in [-0.39, 0.29) is 6.10 Å². The van der Waals surface area contributed by atoms with Gasteiger partial charge >= 0.3 is 0 Å². The number of hydrogen-bond acceptors (Lipinski definition) is 2. The topological polar surface area (TPSA) is 23.5 Å². The quantitative estimate of drug-likeness (QED) is 0.616. The minimum absolute atomic E-state index is 0.0569. The highest BCUT2D eigenvalue weighted by Gasteiger charge is 2.26. The molecule has 1 aliphatic rings. The van der Waals surface area contributed by atoms with E-state index in [1.165, 1.54) is 0 Å². The molecule has 1 N–H and O–H groups in total. The molecule has 2 atom stereocenters. The van der Waals surface area contributed by atoms with Crippen LogP contribution in [-0.4, -0.2) is 35.7 Å². The van der Waals surface area contributed by atoms with Crippen molar-refractivity contribution >= 4 is 0 Å². The van der Waals surface area contributed by atoms with Gasteiger partial charge in [-0.1, -0.05) is 13.8 Å². The van der Waals surface area contributed by atoms with Gasteiger partial charge in [0, 0.05) is 12.6 Å². The van der Waals surface area contributed by atoms with Crippen LogP contribution in [0.1, 0.15) is 26.7 Å². The predicted octanol–water partition coefficient (Wildman–Crippen LogP) is 1.10. The molecule has 2 heteroatoms. The number of aliphatic hydroxyl groups is 1. The lowest BCUT2D eigenvalue weighted by Gasteiger charge is -2.37. The van der Waals surface area contributed by atoms with Crippen molar-refractivity contribution < 1.29 is 5.11 Å². The van der Waals surface area contributed by atoms with Gasteiger partial charge in [-0.05, 0) is 25.8 Å². The highest BCUT2D eigenvalue weighted by atomic mass is 16.3. The van der Waals surface area contributed by atoms with Gasteiger partial charge in [-0.3, -0.25) is 0 Å². The molecule has 2 nitrogen and oxygen atoms in total. The van der Waals surface area contributed by atoms with Crippen LogP contribution in [0.3, 0.4) is 0 Å². The maximum atomic E-state index is 9.42. The molecule has 0 aromatic carbocycles. The summed E-state index contributed by atoms with van der Waals surface area (Å²) in [6, 6.07) is 0.582. The normalized spacial score (nSPS) is 34.6. The maximum Gasteiger partial charge on any atom is 0.0567 e. The molecule has 0 aromatic heterocycles. The Morgan fingerprint density at radius 3 is 2.55 bits per heavy atom. The van der Waals surface area contributed by atoms with Crippen molar-refractivity contribution in [3.8, 4) is 0 Å². The SMILES string of the molecule is CC(C)[C@H]1C[C@H](O)CCN1C. The fourth-order valence-corrected chi connectivity index (χ4v) is 1.88. The van der Waals surface area contributed by atoms with E-state index in [4.69, 9.17) is 0 Å². The summed E-state index contributed by atoms with van der Waals surface area (Å²) in [5.41, 5.74) is 0. The van der Waals surface area contributed by atoms with Gasteiger partial charge in [0.2, 0.25) is 0 Å². The molecule has 1 aliphatic heterocycles. The molecule has 0 bridgehead atoms. The summed E-state index contributed by atoms with van der Waals surface area (Å²) >= 11 is 0. The van der Waals surface area contributed by atoms with E-state index in [1.807, 2.05) is 0 Å². The lowest BCUT2D eigenvalue weighted by atomic mass is 9.92. The molecule has 66 valence electrons. The van der Waals surface area contributed by atoms with Crippen molar-refractivity contribution in [2.24, 2.45) is 5.92 Å². The zero-order valence-electron chi connectivity index (χ0n) is 7.75. The summed E-state index contributed by atoms with van der Waals surface area (Å²) in [6.07, 6.45) is 1.84. The zero-order chi connectivity index (χ0) is 8.43. The van der Waals surface area contributed by atoms with E-state index in [1.54, 1.807) is 0 Å². The number of rotatable bonds is 1. The highest BCUT2D eigenvalue weighted by Crippen LogP contribution is 2.21. The van der Waals surface area contributed by atoms with E-state index in [0.29, 0.717) is 12.0 Å². The highest BCUT2D eigenvalue weighted by molar-refractivity contribution is 4.81. The summed E-state index contributed by atoms with van der Waals surface area (Å²) in [5.74, 6) is 0.662. The van der Waals surface area contributed by atoms with Crippen LogP contribution in [0.2, 0.25) is 0 Å². The van der Waals surface area contributed by atoms with Crippen molar-refractivity contribution in [3.05, 3.63) is 0 Å². The van der Waals surface area contributed by atoms with Gasteiger partial charge in [-0.15, -0.1) is 0 Å². The average Bonchev–Trinajstić information content (AvgIpc) is 1.94. The summed E-state index contributed by atoms with van der Waals surface area (Å²) in [5, 5.41) is 9.42. The largest absolute Gasteiger partial charge is 0.393 e. The Morgan fingerprint density at radius 1 is 1.45 bits per heavy atom. The molecular weight excluding hydrogens is 138 g/mol. The smallest absolute Gasteiger partial charge is 0.0567 e. The van der Waals surface area contributed by atoms with Crippen LogP contribution in [0.4, 0.5) is 0 Å². The van der Waals surface area contributed by atoms with E-state index in [9.17, 15) is 5.11 Å². The van der Waals surface area contributed by atoms with Crippen molar-refractivity contribution in [1.82, 2.24) is 4.90 Å². The van der Waals surface area contributed by atoms with E-state index in [2.05, 4.69) is 25.8 Å². The van der Waals surface area contributed by atoms with Crippen LogP contribution in [-0.2, 0) is 0 Å². The fourth-order valence-electron chi connectivity index (χ4n) is 1.88. The van der Waals surface area contributed by atoms with Crippen LogP contribution in [0.5, 0.6) is 0 Å². The standard InChI is InChI=1S/C9H19NO/c1-7(2)9-6-8(11)4-5-10(9)3/h7-9,11H,4-6H2,1-3H3/t8-,9-/m1/s1. The fraction of sp³-hybridized carbons (Fsp3) is 1.00. The summed E-state index contributed by atoms with van der Waals surface area (Å²) in [7, 11) is 2.15. The molecule has 0 aliphatic carbocycles. The molecule has 0 saturated carbocycles. The minimum atomic E-state index is -0.0569. The number of hydrogen-bond donors (Lipinski definition) is 1. The molecule has 0 radical (unpaired) electrons. The van der Waals surface area contributed by atoms with Gasteiger partial charge in [0.1, 0.15) is 0 Å². The maximum absolute atomic E-state index is 9.42. The summed E-state index contributed by atoms with van der Waals surface area (Å²) in [4.78, 5) is 2.36. The van der Waals surface area contributed by atoms with Crippen LogP contribution in [0.15, 0.2) is 0 Å². The third-order valence-electron chi connectivity index (χ3n) is 2.66. The van der Waals surface area contributed by atoms with E-state index >= 15 is 0 Å². The number of piperidine rings is 1. The lowest BCUT2D eigenvalue weighted by Crippen LogP contribution is -2.44. The van der Waals surface area contributed by atoms with Gasteiger partial charge in [-0.25, -0.2) is 0 Å². The second-order valence-electron chi connectivity index (χ2n) is 3.97. The van der Waals surface area contributed by atoms with E-state index in [0.717, 1.165) is 19.4 Å². The van der Waals surface area contributed by atoms with Crippen LogP contribution >= 0.6 is 0 Å². The van der Waals surface area contributed by atoms with Gasteiger partial charge in [0.15, 0.2) is 0 Å². The third-order valence-corrected chi connectivity index (χ3v) is 2.66. The molecule has 1 heterocycles. The van der Waals surface area contributed by atoms with Crippen molar-refractivity contribution in [3.63, 3.8) is 0 Å². The Morgan fingerprint density at radius 2 is 2.09 bits per heavy atom. The van der Waals surface area contributed by atoms with Crippen molar-refractivity contribution in [2.45, 2.75) is 38.8 Å². The molecule has 1 saturated heterocycles. The number of likely N-dealkylation sites (tertiary alicyclic amines) is 1. The monoisotopic (exact) mass is 157 g/mol. The first kappa shape index (κ1) is 9.01. The average molecular weight is 157 g/mol. The summed E-state index contributed by atoms with van der Waals surface area (Å²) < 4.78 is 0.